The topological polar surface area (TPSA) is 156 Å². The molecular formula is C20H40O8. The van der Waals surface area contributed by atoms with Gasteiger partial charge in [0.15, 0.2) is 0 Å². The molecule has 0 amide bonds. The van der Waals surface area contributed by atoms with Gasteiger partial charge in [0.25, 0.3) is 0 Å². The summed E-state index contributed by atoms with van der Waals surface area (Å²) in [5.41, 5.74) is -1.14. The summed E-state index contributed by atoms with van der Waals surface area (Å²) in [6, 6.07) is 0. The van der Waals surface area contributed by atoms with E-state index in [0.29, 0.717) is 64.2 Å². The minimum absolute atomic E-state index is 0.125. The van der Waals surface area contributed by atoms with Crippen molar-refractivity contribution in [2.45, 2.75) is 83.7 Å². The van der Waals surface area contributed by atoms with Crippen LogP contribution in [0.1, 0.15) is 78.1 Å². The number of hydrogen-bond donors (Lipinski definition) is 6. The summed E-state index contributed by atoms with van der Waals surface area (Å²) in [6.45, 7) is 3.13. The number of carbonyl (C=O) groups is 2. The summed E-state index contributed by atoms with van der Waals surface area (Å²) in [4.78, 5) is 21.9. The Morgan fingerprint density at radius 1 is 0.750 bits per heavy atom. The van der Waals surface area contributed by atoms with Crippen LogP contribution in [0, 0.1) is 11.8 Å². The van der Waals surface area contributed by atoms with Crippen LogP contribution in [0.3, 0.4) is 0 Å². The molecule has 8 heteroatoms. The summed E-state index contributed by atoms with van der Waals surface area (Å²) >= 11 is 0. The fourth-order valence-corrected chi connectivity index (χ4v) is 2.98. The van der Waals surface area contributed by atoms with E-state index in [1.165, 1.54) is 0 Å². The van der Waals surface area contributed by atoms with Gasteiger partial charge in [-0.1, -0.05) is 39.5 Å². The summed E-state index contributed by atoms with van der Waals surface area (Å²) in [7, 11) is 0. The third kappa shape index (κ3) is 14.8. The van der Waals surface area contributed by atoms with Crippen LogP contribution in [-0.2, 0) is 9.59 Å². The van der Waals surface area contributed by atoms with E-state index < -0.39 is 17.5 Å². The van der Waals surface area contributed by atoms with Crippen LogP contribution >= 0.6 is 0 Å². The van der Waals surface area contributed by atoms with Crippen LogP contribution in [0.5, 0.6) is 0 Å². The average Bonchev–Trinajstić information content (AvgIpc) is 2.67. The molecule has 0 saturated carbocycles. The monoisotopic (exact) mass is 408 g/mol. The van der Waals surface area contributed by atoms with Crippen molar-refractivity contribution in [1.29, 1.82) is 0 Å². The molecule has 0 aliphatic carbocycles. The first-order valence-electron chi connectivity index (χ1n) is 10.2. The van der Waals surface area contributed by atoms with Gasteiger partial charge >= 0.3 is 11.9 Å². The molecule has 0 aliphatic heterocycles. The maximum atomic E-state index is 10.9. The zero-order valence-electron chi connectivity index (χ0n) is 17.3. The van der Waals surface area contributed by atoms with Crippen molar-refractivity contribution in [3.63, 3.8) is 0 Å². The van der Waals surface area contributed by atoms with E-state index in [9.17, 15) is 19.8 Å². The van der Waals surface area contributed by atoms with Gasteiger partial charge in [0.2, 0.25) is 0 Å². The Bertz CT molecular complexity index is 368. The first-order chi connectivity index (χ1) is 13.2. The molecule has 8 nitrogen and oxygen atoms in total. The molecule has 0 spiro atoms. The predicted octanol–water partition coefficient (Wildman–Crippen LogP) is 2.02. The molecule has 2 unspecified atom stereocenters. The number of aliphatic hydroxyl groups is 4. The zero-order valence-corrected chi connectivity index (χ0v) is 17.3. The first kappa shape index (κ1) is 29.0. The van der Waals surface area contributed by atoms with Gasteiger partial charge in [-0.05, 0) is 38.5 Å². The Balaban J connectivity index is 0. The molecule has 28 heavy (non-hydrogen) atoms. The Morgan fingerprint density at radius 3 is 1.32 bits per heavy atom. The minimum Gasteiger partial charge on any atom is -0.481 e. The van der Waals surface area contributed by atoms with Crippen LogP contribution < -0.4 is 0 Å². The molecule has 0 aliphatic rings. The molecule has 0 radical (unpaired) electrons. The Kier molecular flexibility index (Phi) is 18.5. The van der Waals surface area contributed by atoms with Gasteiger partial charge in [0.05, 0.1) is 37.3 Å². The largest absolute Gasteiger partial charge is 0.481 e. The van der Waals surface area contributed by atoms with Crippen molar-refractivity contribution < 1.29 is 40.2 Å². The molecule has 0 aromatic heterocycles. The van der Waals surface area contributed by atoms with E-state index in [2.05, 4.69) is 0 Å². The number of aliphatic carboxylic acids is 2. The van der Waals surface area contributed by atoms with Crippen LogP contribution in [0.15, 0.2) is 0 Å². The van der Waals surface area contributed by atoms with Gasteiger partial charge in [-0.25, -0.2) is 0 Å². The molecule has 0 aromatic rings. The Hall–Kier alpha value is -1.22. The molecule has 2 atom stereocenters. The van der Waals surface area contributed by atoms with Gasteiger partial charge < -0.3 is 30.6 Å². The smallest absolute Gasteiger partial charge is 0.306 e. The SMILES string of the molecule is CCC(CCCCC(O)(CO)CCCCC(CC)C(=O)O)C(=O)O.OCCO. The molecular weight excluding hydrogens is 368 g/mol. The Morgan fingerprint density at radius 2 is 1.11 bits per heavy atom. The first-order valence-corrected chi connectivity index (χ1v) is 10.2. The van der Waals surface area contributed by atoms with Crippen LogP contribution in [-0.4, -0.2) is 68.0 Å². The molecule has 6 N–H and O–H groups in total. The molecule has 0 saturated heterocycles. The highest BCUT2D eigenvalue weighted by atomic mass is 16.4. The van der Waals surface area contributed by atoms with Gasteiger partial charge in [0, 0.05) is 0 Å². The lowest BCUT2D eigenvalue weighted by Gasteiger charge is -2.26. The van der Waals surface area contributed by atoms with Crippen molar-refractivity contribution in [2.24, 2.45) is 11.8 Å². The van der Waals surface area contributed by atoms with E-state index in [1.54, 1.807) is 0 Å². The van der Waals surface area contributed by atoms with Gasteiger partial charge in [0.1, 0.15) is 0 Å². The second-order valence-corrected chi connectivity index (χ2v) is 7.21. The van der Waals surface area contributed by atoms with Crippen molar-refractivity contribution >= 4 is 11.9 Å². The van der Waals surface area contributed by atoms with E-state index >= 15 is 0 Å². The number of hydrogen-bond acceptors (Lipinski definition) is 6. The number of aliphatic hydroxyl groups excluding tert-OH is 3. The lowest BCUT2D eigenvalue weighted by molar-refractivity contribution is -0.143. The highest BCUT2D eigenvalue weighted by Crippen LogP contribution is 2.24. The summed E-state index contributed by atoms with van der Waals surface area (Å²) < 4.78 is 0. The normalized spacial score (nSPS) is 15.1. The minimum atomic E-state index is -1.14. The lowest BCUT2D eigenvalue weighted by atomic mass is 9.88. The Labute approximate surface area is 168 Å². The number of carboxylic acid groups (broad SMARTS) is 2. The van der Waals surface area contributed by atoms with Gasteiger partial charge in [-0.2, -0.15) is 0 Å². The maximum Gasteiger partial charge on any atom is 0.306 e. The van der Waals surface area contributed by atoms with Crippen molar-refractivity contribution in [3.8, 4) is 0 Å². The third-order valence-corrected chi connectivity index (χ3v) is 4.97. The highest BCUT2D eigenvalue weighted by molar-refractivity contribution is 5.70. The fourth-order valence-electron chi connectivity index (χ4n) is 2.98. The lowest BCUT2D eigenvalue weighted by Crippen LogP contribution is -2.33. The molecule has 0 heterocycles. The molecule has 0 fully saturated rings. The summed E-state index contributed by atoms with van der Waals surface area (Å²) in [6.07, 6.45) is 6.03. The van der Waals surface area contributed by atoms with E-state index in [-0.39, 0.29) is 31.7 Å². The average molecular weight is 409 g/mol. The van der Waals surface area contributed by atoms with Crippen molar-refractivity contribution in [2.75, 3.05) is 19.8 Å². The molecule has 0 rings (SSSR count). The molecule has 0 bridgehead atoms. The quantitative estimate of drug-likeness (QED) is 0.212. The fraction of sp³-hybridized carbons (Fsp3) is 0.900. The molecule has 168 valence electrons. The second-order valence-electron chi connectivity index (χ2n) is 7.21. The van der Waals surface area contributed by atoms with Crippen LogP contribution in [0.4, 0.5) is 0 Å². The summed E-state index contributed by atoms with van der Waals surface area (Å²) in [5, 5.41) is 53.1. The predicted molar refractivity (Wildman–Crippen MR) is 106 cm³/mol. The zero-order chi connectivity index (χ0) is 22.0. The summed E-state index contributed by atoms with van der Waals surface area (Å²) in [5.74, 6) is -2.24. The van der Waals surface area contributed by atoms with Crippen LogP contribution in [0.25, 0.3) is 0 Å². The number of carboxylic acids is 2. The van der Waals surface area contributed by atoms with Gasteiger partial charge in [-0.3, -0.25) is 9.59 Å². The van der Waals surface area contributed by atoms with E-state index in [4.69, 9.17) is 20.4 Å². The van der Waals surface area contributed by atoms with Crippen molar-refractivity contribution in [3.05, 3.63) is 0 Å². The van der Waals surface area contributed by atoms with E-state index in [0.717, 1.165) is 0 Å². The van der Waals surface area contributed by atoms with Crippen molar-refractivity contribution in [1.82, 2.24) is 0 Å². The highest BCUT2D eigenvalue weighted by Gasteiger charge is 2.25. The number of unbranched alkanes of at least 4 members (excludes halogenated alkanes) is 2. The standard InChI is InChI=1S/C18H34O6.C2H6O2/c1-3-14(16(20)21)9-5-7-11-18(24,13-19)12-8-6-10-15(4-2)17(22)23;3-1-2-4/h14-15,19,24H,3-13H2,1-2H3,(H,20,21)(H,22,23);3-4H,1-2H2. The number of rotatable bonds is 16. The third-order valence-electron chi connectivity index (χ3n) is 4.97. The maximum absolute atomic E-state index is 10.9. The van der Waals surface area contributed by atoms with Crippen LogP contribution in [0.2, 0.25) is 0 Å². The van der Waals surface area contributed by atoms with E-state index in [1.807, 2.05) is 13.8 Å². The second kappa shape index (κ2) is 17.8. The molecule has 0 aromatic carbocycles. The van der Waals surface area contributed by atoms with Gasteiger partial charge in [-0.15, -0.1) is 0 Å².